The molecule has 0 atom stereocenters. The average Bonchev–Trinajstić information content (AvgIpc) is 2.10. The minimum atomic E-state index is -0.243. The molecule has 1 aliphatic heterocycles. The van der Waals surface area contributed by atoms with Crippen molar-refractivity contribution < 1.29 is 14.7 Å². The number of amides is 2. The van der Waals surface area contributed by atoms with E-state index in [1.54, 1.807) is 0 Å². The number of hydrogen-bond acceptors (Lipinski definition) is 4. The Morgan fingerprint density at radius 3 is 2.14 bits per heavy atom. The van der Waals surface area contributed by atoms with Crippen LogP contribution in [0, 0.1) is 5.92 Å². The van der Waals surface area contributed by atoms with Crippen LogP contribution in [-0.4, -0.2) is 53.1 Å². The Bertz CT molecular complexity index is 222. The van der Waals surface area contributed by atoms with E-state index < -0.39 is 0 Å². The monoisotopic (exact) mass is 200 g/mol. The fraction of sp³-hybridized carbons (Fsp3) is 0.778. The topological polar surface area (TPSA) is 60.9 Å². The lowest BCUT2D eigenvalue weighted by atomic mass is 10.2. The van der Waals surface area contributed by atoms with E-state index in [1.807, 2.05) is 13.8 Å². The van der Waals surface area contributed by atoms with Gasteiger partial charge in [-0.2, -0.15) is 0 Å². The SMILES string of the molecule is CC(C)CN1C(=O)CN(CO)CC1=O. The van der Waals surface area contributed by atoms with Crippen molar-refractivity contribution in [2.75, 3.05) is 26.4 Å². The van der Waals surface area contributed by atoms with Crippen molar-refractivity contribution in [2.24, 2.45) is 5.92 Å². The van der Waals surface area contributed by atoms with E-state index in [4.69, 9.17) is 5.11 Å². The molecule has 2 amide bonds. The molecular weight excluding hydrogens is 184 g/mol. The van der Waals surface area contributed by atoms with Crippen molar-refractivity contribution in [3.8, 4) is 0 Å². The maximum absolute atomic E-state index is 11.5. The van der Waals surface area contributed by atoms with Gasteiger partial charge < -0.3 is 5.11 Å². The van der Waals surface area contributed by atoms with Gasteiger partial charge in [-0.1, -0.05) is 13.8 Å². The number of hydrogen-bond donors (Lipinski definition) is 1. The highest BCUT2D eigenvalue weighted by atomic mass is 16.3. The fourth-order valence-corrected chi connectivity index (χ4v) is 1.42. The maximum Gasteiger partial charge on any atom is 0.243 e. The molecule has 0 saturated carbocycles. The lowest BCUT2D eigenvalue weighted by Crippen LogP contribution is -2.54. The standard InChI is InChI=1S/C9H16N2O3/c1-7(2)3-11-8(13)4-10(6-12)5-9(11)14/h7,12H,3-6H2,1-2H3. The highest BCUT2D eigenvalue weighted by Crippen LogP contribution is 2.07. The van der Waals surface area contributed by atoms with Crippen LogP contribution in [0.1, 0.15) is 13.8 Å². The molecule has 0 aromatic heterocycles. The molecule has 80 valence electrons. The van der Waals surface area contributed by atoms with Crippen LogP contribution in [0.4, 0.5) is 0 Å². The Balaban J connectivity index is 2.61. The summed E-state index contributed by atoms with van der Waals surface area (Å²) in [4.78, 5) is 25.6. The van der Waals surface area contributed by atoms with Crippen LogP contribution in [0.25, 0.3) is 0 Å². The molecule has 0 aromatic carbocycles. The van der Waals surface area contributed by atoms with Crippen molar-refractivity contribution in [1.29, 1.82) is 0 Å². The van der Waals surface area contributed by atoms with Gasteiger partial charge in [0.15, 0.2) is 0 Å². The number of piperazine rings is 1. The maximum atomic E-state index is 11.5. The van der Waals surface area contributed by atoms with Crippen LogP contribution in [0.3, 0.4) is 0 Å². The Kier molecular flexibility index (Phi) is 3.60. The highest BCUT2D eigenvalue weighted by molar-refractivity contribution is 5.99. The number of carbonyl (C=O) groups is 2. The lowest BCUT2D eigenvalue weighted by molar-refractivity contribution is -0.153. The average molecular weight is 200 g/mol. The molecule has 1 aliphatic rings. The van der Waals surface area contributed by atoms with Crippen molar-refractivity contribution in [3.63, 3.8) is 0 Å². The molecule has 0 aliphatic carbocycles. The van der Waals surface area contributed by atoms with E-state index >= 15 is 0 Å². The first kappa shape index (κ1) is 11.1. The number of carbonyl (C=O) groups excluding carboxylic acids is 2. The van der Waals surface area contributed by atoms with Crippen LogP contribution < -0.4 is 0 Å². The van der Waals surface area contributed by atoms with Crippen LogP contribution in [0.15, 0.2) is 0 Å². The zero-order chi connectivity index (χ0) is 10.7. The molecule has 0 bridgehead atoms. The zero-order valence-corrected chi connectivity index (χ0v) is 8.56. The van der Waals surface area contributed by atoms with Crippen LogP contribution >= 0.6 is 0 Å². The molecule has 14 heavy (non-hydrogen) atoms. The van der Waals surface area contributed by atoms with E-state index in [9.17, 15) is 9.59 Å². The van der Waals surface area contributed by atoms with Gasteiger partial charge in [0.05, 0.1) is 19.8 Å². The van der Waals surface area contributed by atoms with Crippen molar-refractivity contribution in [3.05, 3.63) is 0 Å². The molecular formula is C9H16N2O3. The summed E-state index contributed by atoms with van der Waals surface area (Å²) in [6.07, 6.45) is 0. The van der Waals surface area contributed by atoms with Gasteiger partial charge in [-0.05, 0) is 5.92 Å². The summed E-state index contributed by atoms with van der Waals surface area (Å²) in [6, 6.07) is 0. The summed E-state index contributed by atoms with van der Waals surface area (Å²) >= 11 is 0. The van der Waals surface area contributed by atoms with Crippen molar-refractivity contribution in [2.45, 2.75) is 13.8 Å². The Morgan fingerprint density at radius 2 is 1.79 bits per heavy atom. The molecule has 0 aromatic rings. The van der Waals surface area contributed by atoms with E-state index in [1.165, 1.54) is 9.80 Å². The van der Waals surface area contributed by atoms with E-state index in [-0.39, 0.29) is 37.6 Å². The van der Waals surface area contributed by atoms with Gasteiger partial charge in [0, 0.05) is 6.54 Å². The van der Waals surface area contributed by atoms with Gasteiger partial charge >= 0.3 is 0 Å². The lowest BCUT2D eigenvalue weighted by Gasteiger charge is -2.32. The van der Waals surface area contributed by atoms with Gasteiger partial charge in [0.1, 0.15) is 0 Å². The molecule has 1 rings (SSSR count). The first-order valence-corrected chi connectivity index (χ1v) is 4.71. The summed E-state index contributed by atoms with van der Waals surface area (Å²) in [5.74, 6) is -0.156. The molecule has 0 unspecified atom stereocenters. The number of rotatable bonds is 3. The summed E-state index contributed by atoms with van der Waals surface area (Å²) in [5.41, 5.74) is 0. The van der Waals surface area contributed by atoms with Crippen LogP contribution in [-0.2, 0) is 9.59 Å². The van der Waals surface area contributed by atoms with E-state index in [0.29, 0.717) is 6.54 Å². The summed E-state index contributed by atoms with van der Waals surface area (Å²) in [6.45, 7) is 4.41. The second-order valence-corrected chi connectivity index (χ2v) is 3.92. The fourth-order valence-electron chi connectivity index (χ4n) is 1.42. The number of imide groups is 1. The first-order valence-electron chi connectivity index (χ1n) is 4.71. The Morgan fingerprint density at radius 1 is 1.29 bits per heavy atom. The molecule has 1 heterocycles. The van der Waals surface area contributed by atoms with Crippen molar-refractivity contribution >= 4 is 11.8 Å². The number of nitrogens with zero attached hydrogens (tertiary/aromatic N) is 2. The molecule has 1 N–H and O–H groups in total. The molecule has 0 spiro atoms. The van der Waals surface area contributed by atoms with E-state index in [0.717, 1.165) is 0 Å². The quantitative estimate of drug-likeness (QED) is 0.610. The van der Waals surface area contributed by atoms with E-state index in [2.05, 4.69) is 0 Å². The van der Waals surface area contributed by atoms with Crippen molar-refractivity contribution in [1.82, 2.24) is 9.80 Å². The second kappa shape index (κ2) is 4.52. The number of aliphatic hydroxyl groups excluding tert-OH is 1. The summed E-state index contributed by atoms with van der Waals surface area (Å²) < 4.78 is 0. The molecule has 5 nitrogen and oxygen atoms in total. The van der Waals surface area contributed by atoms with Gasteiger partial charge in [-0.25, -0.2) is 0 Å². The van der Waals surface area contributed by atoms with Gasteiger partial charge in [-0.15, -0.1) is 0 Å². The van der Waals surface area contributed by atoms with Gasteiger partial charge in [0.2, 0.25) is 11.8 Å². The largest absolute Gasteiger partial charge is 0.381 e. The third-order valence-corrected chi connectivity index (χ3v) is 2.07. The minimum absolute atomic E-state index is 0.134. The third kappa shape index (κ3) is 2.52. The molecule has 5 heteroatoms. The molecule has 1 fully saturated rings. The Labute approximate surface area is 83.3 Å². The second-order valence-electron chi connectivity index (χ2n) is 3.92. The predicted molar refractivity (Wildman–Crippen MR) is 50.2 cm³/mol. The van der Waals surface area contributed by atoms with Crippen LogP contribution in [0.5, 0.6) is 0 Å². The number of aliphatic hydroxyl groups is 1. The summed E-state index contributed by atoms with van der Waals surface area (Å²) in [5, 5.41) is 8.80. The predicted octanol–water partition coefficient (Wildman–Crippen LogP) is -0.737. The third-order valence-electron chi connectivity index (χ3n) is 2.07. The highest BCUT2D eigenvalue weighted by Gasteiger charge is 2.30. The smallest absolute Gasteiger partial charge is 0.243 e. The minimum Gasteiger partial charge on any atom is -0.381 e. The van der Waals surface area contributed by atoms with Gasteiger partial charge in [-0.3, -0.25) is 19.4 Å². The first-order chi connectivity index (χ1) is 6.54. The summed E-state index contributed by atoms with van der Waals surface area (Å²) in [7, 11) is 0. The molecule has 0 radical (unpaired) electrons. The normalized spacial score (nSPS) is 19.6. The van der Waals surface area contributed by atoms with Crippen LogP contribution in [0.2, 0.25) is 0 Å². The Hall–Kier alpha value is -0.940. The molecule has 1 saturated heterocycles. The zero-order valence-electron chi connectivity index (χ0n) is 8.56. The van der Waals surface area contributed by atoms with Gasteiger partial charge in [0.25, 0.3) is 0 Å².